The van der Waals surface area contributed by atoms with Crippen LogP contribution in [0.4, 0.5) is 0 Å². The van der Waals surface area contributed by atoms with Crippen LogP contribution in [0.2, 0.25) is 0 Å². The van der Waals surface area contributed by atoms with Gasteiger partial charge in [0.05, 0.1) is 7.11 Å². The zero-order chi connectivity index (χ0) is 11.9. The Bertz CT molecular complexity index is 449. The molecule has 0 spiro atoms. The van der Waals surface area contributed by atoms with Crippen molar-refractivity contribution in [2.45, 2.75) is 25.9 Å². The highest BCUT2D eigenvalue weighted by Crippen LogP contribution is 2.41. The first-order valence-corrected chi connectivity index (χ1v) is 5.07. The van der Waals surface area contributed by atoms with E-state index in [1.807, 2.05) is 13.8 Å². The van der Waals surface area contributed by atoms with Crippen LogP contribution in [0.25, 0.3) is 0 Å². The van der Waals surface area contributed by atoms with E-state index in [1.54, 1.807) is 6.07 Å². The number of phenolic OH excluding ortho intramolecular Hbond substituents is 1. The molecule has 1 aromatic carbocycles. The lowest BCUT2D eigenvalue weighted by molar-refractivity contribution is 0.0597. The van der Waals surface area contributed by atoms with Crippen LogP contribution < -0.4 is 4.74 Å². The lowest BCUT2D eigenvalue weighted by Gasteiger charge is -2.16. The first-order chi connectivity index (χ1) is 7.44. The van der Waals surface area contributed by atoms with Crippen LogP contribution in [0.15, 0.2) is 12.1 Å². The summed E-state index contributed by atoms with van der Waals surface area (Å²) >= 11 is 0. The number of fused-ring (bicyclic) bond motifs is 1. The molecule has 4 heteroatoms. The number of phenols is 1. The number of carbonyl (C=O) groups is 1. The quantitative estimate of drug-likeness (QED) is 0.737. The molecule has 0 bridgehead atoms. The highest BCUT2D eigenvalue weighted by Gasteiger charge is 2.33. The van der Waals surface area contributed by atoms with Gasteiger partial charge in [0, 0.05) is 12.0 Å². The summed E-state index contributed by atoms with van der Waals surface area (Å²) < 4.78 is 10.2. The molecule has 0 amide bonds. The van der Waals surface area contributed by atoms with Crippen molar-refractivity contribution in [2.24, 2.45) is 0 Å². The van der Waals surface area contributed by atoms with Crippen LogP contribution in [-0.4, -0.2) is 23.8 Å². The van der Waals surface area contributed by atoms with Crippen LogP contribution in [0.5, 0.6) is 11.5 Å². The molecule has 2 rings (SSSR count). The first kappa shape index (κ1) is 10.8. The predicted molar refractivity (Wildman–Crippen MR) is 57.9 cm³/mol. The highest BCUT2D eigenvalue weighted by atomic mass is 16.5. The monoisotopic (exact) mass is 222 g/mol. The van der Waals surface area contributed by atoms with Gasteiger partial charge in [0.15, 0.2) is 0 Å². The molecule has 0 atom stereocenters. The van der Waals surface area contributed by atoms with Gasteiger partial charge in [0.1, 0.15) is 22.7 Å². The summed E-state index contributed by atoms with van der Waals surface area (Å²) in [6.07, 6.45) is 0.582. The van der Waals surface area contributed by atoms with Crippen molar-refractivity contribution in [3.05, 3.63) is 23.3 Å². The molecule has 86 valence electrons. The molecule has 1 heterocycles. The fourth-order valence-corrected chi connectivity index (χ4v) is 1.92. The van der Waals surface area contributed by atoms with Crippen LogP contribution in [-0.2, 0) is 11.2 Å². The minimum absolute atomic E-state index is 0.0325. The molecule has 16 heavy (non-hydrogen) atoms. The van der Waals surface area contributed by atoms with Gasteiger partial charge in [-0.15, -0.1) is 0 Å². The van der Waals surface area contributed by atoms with Gasteiger partial charge in [0.2, 0.25) is 0 Å². The third-order valence-corrected chi connectivity index (χ3v) is 2.63. The average Bonchev–Trinajstić information content (AvgIpc) is 2.53. The van der Waals surface area contributed by atoms with Crippen LogP contribution in [0, 0.1) is 0 Å². The van der Waals surface area contributed by atoms with E-state index in [-0.39, 0.29) is 16.9 Å². The minimum atomic E-state index is -0.537. The Morgan fingerprint density at radius 3 is 2.81 bits per heavy atom. The van der Waals surface area contributed by atoms with E-state index in [1.165, 1.54) is 13.2 Å². The van der Waals surface area contributed by atoms with Gasteiger partial charge < -0.3 is 14.6 Å². The predicted octanol–water partition coefficient (Wildman–Crippen LogP) is 1.89. The van der Waals surface area contributed by atoms with E-state index in [4.69, 9.17) is 4.74 Å². The smallest absolute Gasteiger partial charge is 0.341 e. The molecule has 4 nitrogen and oxygen atoms in total. The van der Waals surface area contributed by atoms with Gasteiger partial charge >= 0.3 is 5.97 Å². The largest absolute Gasteiger partial charge is 0.507 e. The number of carbonyl (C=O) groups excluding carboxylic acids is 1. The molecule has 1 aliphatic heterocycles. The number of benzene rings is 1. The minimum Gasteiger partial charge on any atom is -0.507 e. The average molecular weight is 222 g/mol. The maximum atomic E-state index is 11.4. The van der Waals surface area contributed by atoms with Crippen molar-refractivity contribution in [3.8, 4) is 11.5 Å². The van der Waals surface area contributed by atoms with Crippen molar-refractivity contribution in [1.82, 2.24) is 0 Å². The number of aromatic hydroxyl groups is 1. The molecule has 0 fully saturated rings. The summed E-state index contributed by atoms with van der Waals surface area (Å²) in [5.74, 6) is 0.0649. The second kappa shape index (κ2) is 3.40. The zero-order valence-electron chi connectivity index (χ0n) is 9.53. The number of methoxy groups -OCH3 is 1. The van der Waals surface area contributed by atoms with Crippen LogP contribution >= 0.6 is 0 Å². The Labute approximate surface area is 93.8 Å². The maximum absolute atomic E-state index is 11.4. The fourth-order valence-electron chi connectivity index (χ4n) is 1.92. The normalized spacial score (nSPS) is 16.4. The van der Waals surface area contributed by atoms with E-state index in [0.29, 0.717) is 17.7 Å². The molecular weight excluding hydrogens is 208 g/mol. The third kappa shape index (κ3) is 1.60. The van der Waals surface area contributed by atoms with Crippen molar-refractivity contribution >= 4 is 5.97 Å². The van der Waals surface area contributed by atoms with Crippen LogP contribution in [0.3, 0.4) is 0 Å². The second-order valence-corrected chi connectivity index (χ2v) is 4.47. The first-order valence-electron chi connectivity index (χ1n) is 5.07. The number of esters is 1. The van der Waals surface area contributed by atoms with Crippen molar-refractivity contribution in [1.29, 1.82) is 0 Å². The summed E-state index contributed by atoms with van der Waals surface area (Å²) in [4.78, 5) is 11.4. The van der Waals surface area contributed by atoms with Gasteiger partial charge in [-0.1, -0.05) is 0 Å². The SMILES string of the molecule is COC(=O)c1ccc2c(c1O)CC(C)(C)O2. The summed E-state index contributed by atoms with van der Waals surface area (Å²) in [6.45, 7) is 3.87. The highest BCUT2D eigenvalue weighted by molar-refractivity contribution is 5.93. The number of hydrogen-bond donors (Lipinski definition) is 1. The molecule has 0 aromatic heterocycles. The molecule has 1 aromatic rings. The standard InChI is InChI=1S/C12H14O4/c1-12(2)6-8-9(16-12)5-4-7(10(8)13)11(14)15-3/h4-5,13H,6H2,1-3H3. The summed E-state index contributed by atoms with van der Waals surface area (Å²) in [5.41, 5.74) is 0.518. The van der Waals surface area contributed by atoms with Gasteiger partial charge in [-0.05, 0) is 26.0 Å². The molecule has 1 aliphatic rings. The summed E-state index contributed by atoms with van der Waals surface area (Å²) in [5, 5.41) is 9.96. The molecule has 0 unspecified atom stereocenters. The molecule has 0 aliphatic carbocycles. The Morgan fingerprint density at radius 1 is 1.50 bits per heavy atom. The van der Waals surface area contributed by atoms with E-state index >= 15 is 0 Å². The second-order valence-electron chi connectivity index (χ2n) is 4.47. The maximum Gasteiger partial charge on any atom is 0.341 e. The molecule has 0 saturated heterocycles. The van der Waals surface area contributed by atoms with Gasteiger partial charge in [-0.2, -0.15) is 0 Å². The Morgan fingerprint density at radius 2 is 2.19 bits per heavy atom. The Hall–Kier alpha value is -1.71. The van der Waals surface area contributed by atoms with Crippen LogP contribution in [0.1, 0.15) is 29.8 Å². The molecule has 0 saturated carbocycles. The lowest BCUT2D eigenvalue weighted by Crippen LogP contribution is -2.24. The lowest BCUT2D eigenvalue weighted by atomic mass is 9.99. The fraction of sp³-hybridized carbons (Fsp3) is 0.417. The van der Waals surface area contributed by atoms with Crippen molar-refractivity contribution in [2.75, 3.05) is 7.11 Å². The van der Waals surface area contributed by atoms with E-state index < -0.39 is 5.97 Å². The topological polar surface area (TPSA) is 55.8 Å². The summed E-state index contributed by atoms with van der Waals surface area (Å²) in [7, 11) is 1.29. The number of hydrogen-bond acceptors (Lipinski definition) is 4. The summed E-state index contributed by atoms with van der Waals surface area (Å²) in [6, 6.07) is 3.21. The van der Waals surface area contributed by atoms with Crippen molar-refractivity contribution in [3.63, 3.8) is 0 Å². The Kier molecular flexibility index (Phi) is 2.30. The van der Waals surface area contributed by atoms with E-state index in [9.17, 15) is 9.90 Å². The Balaban J connectivity index is 2.48. The van der Waals surface area contributed by atoms with E-state index in [0.717, 1.165) is 0 Å². The van der Waals surface area contributed by atoms with Crippen molar-refractivity contribution < 1.29 is 19.4 Å². The molecular formula is C12H14O4. The molecule has 0 radical (unpaired) electrons. The number of ether oxygens (including phenoxy) is 2. The third-order valence-electron chi connectivity index (χ3n) is 2.63. The van der Waals surface area contributed by atoms with Gasteiger partial charge in [-0.25, -0.2) is 4.79 Å². The van der Waals surface area contributed by atoms with Gasteiger partial charge in [-0.3, -0.25) is 0 Å². The van der Waals surface area contributed by atoms with Gasteiger partial charge in [0.25, 0.3) is 0 Å². The van der Waals surface area contributed by atoms with E-state index in [2.05, 4.69) is 4.74 Å². The number of rotatable bonds is 1. The molecule has 1 N–H and O–H groups in total. The zero-order valence-corrected chi connectivity index (χ0v) is 9.53.